The van der Waals surface area contributed by atoms with E-state index in [0.717, 1.165) is 34.9 Å². The molecule has 0 fully saturated rings. The Bertz CT molecular complexity index is 1030. The molecule has 134 valence electrons. The maximum atomic E-state index is 11.5. The minimum atomic E-state index is -4.30. The summed E-state index contributed by atoms with van der Waals surface area (Å²) in [7, 11) is -4.30. The third-order valence-corrected chi connectivity index (χ3v) is 5.66. The molecular formula is C16H17NO6S2. The molecule has 1 aromatic heterocycles. The summed E-state index contributed by atoms with van der Waals surface area (Å²) in [6.45, 7) is 4.16. The van der Waals surface area contributed by atoms with Crippen LogP contribution in [0, 0.1) is 0 Å². The number of hydrogen-bond donors (Lipinski definition) is 2. The standard InChI is InChI=1S/C16H17NO6S2/c1-3-10(2)17-15-6-4-11(24-23-22-18)8-13(15)14-9-12(25(19,20)21)5-7-16(14)17/h4-10,18H,3H2,1-2H3,(H,19,20,21). The van der Waals surface area contributed by atoms with Crippen molar-refractivity contribution in [2.24, 2.45) is 0 Å². The Morgan fingerprint density at radius 1 is 1.16 bits per heavy atom. The van der Waals surface area contributed by atoms with Crippen molar-refractivity contribution in [1.29, 1.82) is 0 Å². The largest absolute Gasteiger partial charge is 0.338 e. The maximum Gasteiger partial charge on any atom is 0.294 e. The lowest BCUT2D eigenvalue weighted by molar-refractivity contribution is -0.432. The van der Waals surface area contributed by atoms with Crippen LogP contribution in [0.5, 0.6) is 0 Å². The van der Waals surface area contributed by atoms with Gasteiger partial charge in [-0.05, 0) is 49.7 Å². The monoisotopic (exact) mass is 383 g/mol. The highest BCUT2D eigenvalue weighted by Gasteiger charge is 2.18. The molecule has 0 aliphatic carbocycles. The topological polar surface area (TPSA) is 98.0 Å². The van der Waals surface area contributed by atoms with Crippen LogP contribution in [0.25, 0.3) is 21.8 Å². The van der Waals surface area contributed by atoms with Crippen molar-refractivity contribution in [2.45, 2.75) is 36.1 Å². The predicted octanol–water partition coefficient (Wildman–Crippen LogP) is 4.44. The minimum absolute atomic E-state index is 0.156. The first-order valence-electron chi connectivity index (χ1n) is 7.56. The van der Waals surface area contributed by atoms with Gasteiger partial charge in [0.2, 0.25) is 0 Å². The predicted molar refractivity (Wildman–Crippen MR) is 94.9 cm³/mol. The van der Waals surface area contributed by atoms with E-state index < -0.39 is 10.1 Å². The lowest BCUT2D eigenvalue weighted by Crippen LogP contribution is -2.03. The quantitative estimate of drug-likeness (QED) is 0.281. The van der Waals surface area contributed by atoms with Crippen LogP contribution in [0.4, 0.5) is 0 Å². The molecule has 2 aromatic carbocycles. The fourth-order valence-electron chi connectivity index (χ4n) is 2.94. The maximum absolute atomic E-state index is 11.5. The van der Waals surface area contributed by atoms with Gasteiger partial charge in [-0.25, -0.2) is 5.26 Å². The van der Waals surface area contributed by atoms with Crippen molar-refractivity contribution in [3.05, 3.63) is 36.4 Å². The Morgan fingerprint density at radius 2 is 1.80 bits per heavy atom. The zero-order valence-corrected chi connectivity index (χ0v) is 15.2. The number of hydrogen-bond acceptors (Lipinski definition) is 6. The van der Waals surface area contributed by atoms with Gasteiger partial charge in [-0.1, -0.05) is 12.0 Å². The molecule has 0 aliphatic heterocycles. The van der Waals surface area contributed by atoms with Crippen molar-refractivity contribution in [3.63, 3.8) is 0 Å². The molecule has 0 radical (unpaired) electrons. The molecule has 1 heterocycles. The van der Waals surface area contributed by atoms with Crippen molar-refractivity contribution in [3.8, 4) is 0 Å². The second-order valence-corrected chi connectivity index (χ2v) is 7.88. The van der Waals surface area contributed by atoms with Gasteiger partial charge in [0.15, 0.2) is 0 Å². The molecule has 0 aliphatic rings. The van der Waals surface area contributed by atoms with Crippen molar-refractivity contribution >= 4 is 44.0 Å². The summed E-state index contributed by atoms with van der Waals surface area (Å²) < 4.78 is 38.9. The molecule has 0 saturated heterocycles. The summed E-state index contributed by atoms with van der Waals surface area (Å²) in [6.07, 6.45) is 0.900. The third-order valence-electron chi connectivity index (χ3n) is 4.24. The molecule has 0 bridgehead atoms. The van der Waals surface area contributed by atoms with E-state index >= 15 is 0 Å². The molecule has 1 unspecified atom stereocenters. The Balaban J connectivity index is 2.33. The molecule has 7 nitrogen and oxygen atoms in total. The van der Waals surface area contributed by atoms with Crippen LogP contribution in [0.2, 0.25) is 0 Å². The summed E-state index contributed by atoms with van der Waals surface area (Å²) in [4.78, 5) is 0.512. The van der Waals surface area contributed by atoms with Gasteiger partial charge in [-0.3, -0.25) is 4.55 Å². The van der Waals surface area contributed by atoms with Gasteiger partial charge in [-0.2, -0.15) is 8.42 Å². The number of fused-ring (bicyclic) bond motifs is 3. The SMILES string of the molecule is CCC(C)n1c2ccc(SOOO)cc2c2cc(S(=O)(=O)O)ccc21. The highest BCUT2D eigenvalue weighted by molar-refractivity contribution is 7.94. The Morgan fingerprint density at radius 3 is 2.40 bits per heavy atom. The molecule has 1 atom stereocenters. The number of rotatable bonds is 6. The number of nitrogens with zero attached hydrogens (tertiary/aromatic N) is 1. The van der Waals surface area contributed by atoms with Gasteiger partial charge < -0.3 is 4.57 Å². The van der Waals surface area contributed by atoms with Crippen LogP contribution in [0.3, 0.4) is 0 Å². The zero-order valence-electron chi connectivity index (χ0n) is 13.5. The molecule has 0 spiro atoms. The first-order valence-corrected chi connectivity index (χ1v) is 9.75. The molecule has 2 N–H and O–H groups in total. The van der Waals surface area contributed by atoms with Gasteiger partial charge in [0.1, 0.15) is 0 Å². The third kappa shape index (κ3) is 3.39. The molecule has 9 heteroatoms. The van der Waals surface area contributed by atoms with Crippen LogP contribution >= 0.6 is 12.0 Å². The molecule has 3 aromatic rings. The van der Waals surface area contributed by atoms with Gasteiger partial charge >= 0.3 is 0 Å². The Kier molecular flexibility index (Phi) is 5.05. The van der Waals surface area contributed by atoms with Crippen molar-refractivity contribution in [1.82, 2.24) is 4.57 Å². The smallest absolute Gasteiger partial charge is 0.294 e. The highest BCUT2D eigenvalue weighted by Crippen LogP contribution is 2.36. The summed E-state index contributed by atoms with van der Waals surface area (Å²) in [5, 5.41) is 13.4. The molecule has 0 saturated carbocycles. The second-order valence-electron chi connectivity index (χ2n) is 5.69. The van der Waals surface area contributed by atoms with Crippen LogP contribution in [0.1, 0.15) is 26.3 Å². The van der Waals surface area contributed by atoms with E-state index in [1.807, 2.05) is 18.2 Å². The first kappa shape index (κ1) is 18.2. The molecule has 0 amide bonds. The summed E-state index contributed by atoms with van der Waals surface area (Å²) >= 11 is 0.828. The van der Waals surface area contributed by atoms with E-state index in [1.165, 1.54) is 12.1 Å². The number of aromatic nitrogens is 1. The normalized spacial score (nSPS) is 13.6. The van der Waals surface area contributed by atoms with Gasteiger partial charge in [-0.15, -0.1) is 4.33 Å². The zero-order chi connectivity index (χ0) is 18.2. The fourth-order valence-corrected chi connectivity index (χ4v) is 3.84. The average Bonchev–Trinajstić information content (AvgIpc) is 2.91. The van der Waals surface area contributed by atoms with Crippen LogP contribution in [-0.2, 0) is 19.5 Å². The van der Waals surface area contributed by atoms with Crippen LogP contribution in [-0.4, -0.2) is 22.8 Å². The van der Waals surface area contributed by atoms with Crippen LogP contribution < -0.4 is 0 Å². The van der Waals surface area contributed by atoms with Crippen molar-refractivity contribution in [2.75, 3.05) is 0 Å². The van der Waals surface area contributed by atoms with E-state index in [4.69, 9.17) is 5.26 Å². The van der Waals surface area contributed by atoms with E-state index in [-0.39, 0.29) is 10.9 Å². The van der Waals surface area contributed by atoms with Crippen LogP contribution in [0.15, 0.2) is 46.2 Å². The fraction of sp³-hybridized carbons (Fsp3) is 0.250. The number of benzene rings is 2. The molecule has 25 heavy (non-hydrogen) atoms. The lowest BCUT2D eigenvalue weighted by Gasteiger charge is -2.14. The minimum Gasteiger partial charge on any atom is -0.338 e. The van der Waals surface area contributed by atoms with E-state index in [0.29, 0.717) is 10.3 Å². The van der Waals surface area contributed by atoms with Gasteiger partial charge in [0.05, 0.1) is 16.9 Å². The van der Waals surface area contributed by atoms with E-state index in [9.17, 15) is 13.0 Å². The molecule has 3 rings (SSSR count). The Hall–Kier alpha value is -1.62. The molecular weight excluding hydrogens is 366 g/mol. The summed E-state index contributed by atoms with van der Waals surface area (Å²) in [5.74, 6) is 0. The van der Waals surface area contributed by atoms with E-state index in [2.05, 4.69) is 27.8 Å². The lowest BCUT2D eigenvalue weighted by atomic mass is 10.1. The van der Waals surface area contributed by atoms with Gasteiger partial charge in [0.25, 0.3) is 10.1 Å². The first-order chi connectivity index (χ1) is 11.9. The van der Waals surface area contributed by atoms with Gasteiger partial charge in [0, 0.05) is 32.7 Å². The second kappa shape index (κ2) is 6.94. The average molecular weight is 383 g/mol. The highest BCUT2D eigenvalue weighted by atomic mass is 32.2. The summed E-state index contributed by atoms with van der Waals surface area (Å²) in [6, 6.07) is 10.3. The van der Waals surface area contributed by atoms with E-state index in [1.54, 1.807) is 6.07 Å². The van der Waals surface area contributed by atoms with Crippen molar-refractivity contribution < 1.29 is 27.6 Å². The summed E-state index contributed by atoms with van der Waals surface area (Å²) in [5.41, 5.74) is 1.81. The Labute approximate surface area is 149 Å².